The van der Waals surface area contributed by atoms with E-state index in [-0.39, 0.29) is 5.97 Å². The number of hydrogen-bond acceptors (Lipinski definition) is 5. The number of esters is 1. The van der Waals surface area contributed by atoms with Crippen LogP contribution in [0.25, 0.3) is 0 Å². The topological polar surface area (TPSA) is 70.1 Å². The van der Waals surface area contributed by atoms with Crippen molar-refractivity contribution in [2.75, 3.05) is 12.8 Å². The molecule has 2 rings (SSSR count). The minimum absolute atomic E-state index is 0.378. The first-order chi connectivity index (χ1) is 8.61. The van der Waals surface area contributed by atoms with Crippen LogP contribution in [0.3, 0.4) is 0 Å². The number of benzene rings is 1. The molecule has 1 aromatic heterocycles. The standard InChI is InChI=1S/C12H13N3O2S/c1-15-6-5-14-12(15)18-10-7-8(11(16)17-2)3-4-9(10)13/h3-7H,13H2,1-2H3. The van der Waals surface area contributed by atoms with Gasteiger partial charge < -0.3 is 15.0 Å². The number of ether oxygens (including phenoxy) is 1. The first kappa shape index (κ1) is 12.5. The molecule has 2 aromatic rings. The van der Waals surface area contributed by atoms with Crippen LogP contribution in [0.1, 0.15) is 10.4 Å². The van der Waals surface area contributed by atoms with Crippen LogP contribution >= 0.6 is 11.8 Å². The van der Waals surface area contributed by atoms with E-state index in [1.165, 1.54) is 18.9 Å². The molecule has 0 radical (unpaired) electrons. The summed E-state index contributed by atoms with van der Waals surface area (Å²) in [6.45, 7) is 0. The Morgan fingerprint density at radius 1 is 1.50 bits per heavy atom. The van der Waals surface area contributed by atoms with Crippen molar-refractivity contribution in [1.29, 1.82) is 0 Å². The Balaban J connectivity index is 2.32. The molecule has 0 unspecified atom stereocenters. The van der Waals surface area contributed by atoms with E-state index in [4.69, 9.17) is 5.73 Å². The number of carbonyl (C=O) groups is 1. The summed E-state index contributed by atoms with van der Waals surface area (Å²) in [6.07, 6.45) is 3.56. The minimum atomic E-state index is -0.378. The van der Waals surface area contributed by atoms with E-state index < -0.39 is 0 Å². The Morgan fingerprint density at radius 3 is 2.89 bits per heavy atom. The Hall–Kier alpha value is -1.95. The Labute approximate surface area is 109 Å². The molecule has 6 heteroatoms. The normalized spacial score (nSPS) is 10.3. The number of hydrogen-bond donors (Lipinski definition) is 1. The van der Waals surface area contributed by atoms with Crippen molar-refractivity contribution < 1.29 is 9.53 Å². The summed E-state index contributed by atoms with van der Waals surface area (Å²) in [4.78, 5) is 16.4. The molecular formula is C12H13N3O2S. The number of methoxy groups -OCH3 is 1. The smallest absolute Gasteiger partial charge is 0.337 e. The van der Waals surface area contributed by atoms with Crippen LogP contribution in [0.2, 0.25) is 0 Å². The number of aryl methyl sites for hydroxylation is 1. The van der Waals surface area contributed by atoms with Gasteiger partial charge in [-0.05, 0) is 30.0 Å². The molecule has 0 bridgehead atoms. The zero-order valence-corrected chi connectivity index (χ0v) is 10.9. The lowest BCUT2D eigenvalue weighted by Crippen LogP contribution is -2.02. The quantitative estimate of drug-likeness (QED) is 0.677. The van der Waals surface area contributed by atoms with E-state index >= 15 is 0 Å². The average molecular weight is 263 g/mol. The Morgan fingerprint density at radius 2 is 2.28 bits per heavy atom. The van der Waals surface area contributed by atoms with Crippen molar-refractivity contribution in [3.63, 3.8) is 0 Å². The van der Waals surface area contributed by atoms with Gasteiger partial charge in [-0.1, -0.05) is 0 Å². The molecule has 0 spiro atoms. The lowest BCUT2D eigenvalue weighted by atomic mass is 10.2. The van der Waals surface area contributed by atoms with Gasteiger partial charge in [-0.3, -0.25) is 0 Å². The molecule has 0 atom stereocenters. The van der Waals surface area contributed by atoms with Gasteiger partial charge in [0.1, 0.15) is 0 Å². The van der Waals surface area contributed by atoms with E-state index in [0.29, 0.717) is 11.3 Å². The van der Waals surface area contributed by atoms with Gasteiger partial charge in [0.2, 0.25) is 0 Å². The van der Waals surface area contributed by atoms with Crippen molar-refractivity contribution in [3.8, 4) is 0 Å². The number of rotatable bonds is 3. The second-order valence-corrected chi connectivity index (χ2v) is 4.68. The van der Waals surface area contributed by atoms with Gasteiger partial charge in [0.15, 0.2) is 5.16 Å². The molecule has 0 fully saturated rings. The largest absolute Gasteiger partial charge is 0.465 e. The van der Waals surface area contributed by atoms with Gasteiger partial charge >= 0.3 is 5.97 Å². The summed E-state index contributed by atoms with van der Waals surface area (Å²) in [7, 11) is 3.25. The maximum absolute atomic E-state index is 11.5. The predicted molar refractivity (Wildman–Crippen MR) is 69.5 cm³/mol. The number of nitrogens with two attached hydrogens (primary N) is 1. The van der Waals surface area contributed by atoms with Crippen LogP contribution in [0, 0.1) is 0 Å². The summed E-state index contributed by atoms with van der Waals surface area (Å²) >= 11 is 1.41. The second-order valence-electron chi connectivity index (χ2n) is 3.67. The van der Waals surface area contributed by atoms with Crippen LogP contribution in [-0.4, -0.2) is 22.6 Å². The first-order valence-corrected chi connectivity index (χ1v) is 6.06. The van der Waals surface area contributed by atoms with Gasteiger partial charge in [0.05, 0.1) is 12.7 Å². The number of anilines is 1. The Kier molecular flexibility index (Phi) is 3.57. The van der Waals surface area contributed by atoms with Crippen LogP contribution in [0.15, 0.2) is 40.6 Å². The molecule has 1 aromatic carbocycles. The van der Waals surface area contributed by atoms with Crippen LogP contribution in [-0.2, 0) is 11.8 Å². The van der Waals surface area contributed by atoms with Crippen molar-refractivity contribution in [3.05, 3.63) is 36.2 Å². The molecule has 0 saturated carbocycles. The second kappa shape index (κ2) is 5.14. The fourth-order valence-electron chi connectivity index (χ4n) is 1.42. The summed E-state index contributed by atoms with van der Waals surface area (Å²) < 4.78 is 6.56. The van der Waals surface area contributed by atoms with E-state index in [2.05, 4.69) is 9.72 Å². The highest BCUT2D eigenvalue weighted by Crippen LogP contribution is 2.31. The third-order valence-electron chi connectivity index (χ3n) is 2.41. The van der Waals surface area contributed by atoms with Crippen molar-refractivity contribution in [1.82, 2.24) is 9.55 Å². The molecule has 0 aliphatic rings. The number of aromatic nitrogens is 2. The minimum Gasteiger partial charge on any atom is -0.465 e. The molecular weight excluding hydrogens is 250 g/mol. The molecule has 0 aliphatic heterocycles. The number of nitrogens with zero attached hydrogens (tertiary/aromatic N) is 2. The van der Waals surface area contributed by atoms with E-state index in [9.17, 15) is 4.79 Å². The van der Waals surface area contributed by atoms with E-state index in [1.807, 2.05) is 17.8 Å². The van der Waals surface area contributed by atoms with Gasteiger partial charge in [-0.2, -0.15) is 0 Å². The van der Waals surface area contributed by atoms with Gasteiger partial charge in [0.25, 0.3) is 0 Å². The van der Waals surface area contributed by atoms with Crippen molar-refractivity contribution in [2.24, 2.45) is 7.05 Å². The number of nitrogen functional groups attached to an aromatic ring is 1. The summed E-state index contributed by atoms with van der Waals surface area (Å²) in [5.74, 6) is -0.378. The molecule has 2 N–H and O–H groups in total. The predicted octanol–water partition coefficient (Wildman–Crippen LogP) is 1.94. The monoisotopic (exact) mass is 263 g/mol. The molecule has 0 aliphatic carbocycles. The maximum atomic E-state index is 11.5. The zero-order valence-electron chi connectivity index (χ0n) is 10.1. The van der Waals surface area contributed by atoms with Crippen LogP contribution in [0.5, 0.6) is 0 Å². The number of imidazole rings is 1. The molecule has 0 amide bonds. The summed E-state index contributed by atoms with van der Waals surface area (Å²) in [6, 6.07) is 5.04. The summed E-state index contributed by atoms with van der Waals surface area (Å²) in [5, 5.41) is 0.809. The number of carbonyl (C=O) groups excluding carboxylic acids is 1. The van der Waals surface area contributed by atoms with Crippen molar-refractivity contribution >= 4 is 23.4 Å². The highest BCUT2D eigenvalue weighted by Gasteiger charge is 2.11. The molecule has 5 nitrogen and oxygen atoms in total. The van der Waals surface area contributed by atoms with Crippen LogP contribution < -0.4 is 5.73 Å². The van der Waals surface area contributed by atoms with Gasteiger partial charge in [-0.15, -0.1) is 0 Å². The third-order valence-corrected chi connectivity index (χ3v) is 3.56. The zero-order chi connectivity index (χ0) is 13.1. The molecule has 1 heterocycles. The van der Waals surface area contributed by atoms with E-state index in [1.54, 1.807) is 24.4 Å². The maximum Gasteiger partial charge on any atom is 0.337 e. The Bertz CT molecular complexity index is 580. The van der Waals surface area contributed by atoms with Gasteiger partial charge in [0, 0.05) is 30.0 Å². The summed E-state index contributed by atoms with van der Waals surface area (Å²) in [5.41, 5.74) is 6.97. The fourth-order valence-corrected chi connectivity index (χ4v) is 2.30. The molecule has 18 heavy (non-hydrogen) atoms. The van der Waals surface area contributed by atoms with E-state index in [0.717, 1.165) is 10.1 Å². The van der Waals surface area contributed by atoms with Crippen LogP contribution in [0.4, 0.5) is 5.69 Å². The molecule has 0 saturated heterocycles. The third kappa shape index (κ3) is 2.48. The fraction of sp³-hybridized carbons (Fsp3) is 0.167. The lowest BCUT2D eigenvalue weighted by Gasteiger charge is -2.07. The lowest BCUT2D eigenvalue weighted by molar-refractivity contribution is 0.0600. The highest BCUT2D eigenvalue weighted by atomic mass is 32.2. The van der Waals surface area contributed by atoms with Crippen molar-refractivity contribution in [2.45, 2.75) is 10.1 Å². The average Bonchev–Trinajstić information content (AvgIpc) is 2.77. The van der Waals surface area contributed by atoms with Gasteiger partial charge in [-0.25, -0.2) is 9.78 Å². The highest BCUT2D eigenvalue weighted by molar-refractivity contribution is 7.99. The SMILES string of the molecule is COC(=O)c1ccc(N)c(Sc2nccn2C)c1. The molecule has 94 valence electrons. The first-order valence-electron chi connectivity index (χ1n) is 5.25.